The van der Waals surface area contributed by atoms with Gasteiger partial charge in [0.05, 0.1) is 11.5 Å². The molecule has 4 nitrogen and oxygen atoms in total. The third-order valence-corrected chi connectivity index (χ3v) is 2.35. The Morgan fingerprint density at radius 3 is 2.88 bits per heavy atom. The quantitative estimate of drug-likeness (QED) is 0.564. The lowest BCUT2D eigenvalue weighted by Gasteiger charge is -2.06. The van der Waals surface area contributed by atoms with Crippen LogP contribution in [0.4, 0.5) is 0 Å². The lowest BCUT2D eigenvalue weighted by molar-refractivity contribution is -0.137. The summed E-state index contributed by atoms with van der Waals surface area (Å²) in [7, 11) is 0. The molecule has 4 heteroatoms. The Morgan fingerprint density at radius 1 is 1.44 bits per heavy atom. The summed E-state index contributed by atoms with van der Waals surface area (Å²) in [6.45, 7) is 3.78. The zero-order valence-electron chi connectivity index (χ0n) is 9.15. The van der Waals surface area contributed by atoms with Gasteiger partial charge in [-0.25, -0.2) is 4.79 Å². The number of esters is 2. The number of hydrogen-bond donors (Lipinski definition) is 0. The molecule has 0 amide bonds. The van der Waals surface area contributed by atoms with Crippen molar-refractivity contribution in [2.45, 2.75) is 20.5 Å². The molecule has 0 N–H and O–H groups in total. The number of fused-ring (bicyclic) bond motifs is 1. The van der Waals surface area contributed by atoms with E-state index in [1.165, 1.54) is 0 Å². The van der Waals surface area contributed by atoms with Crippen molar-refractivity contribution in [1.82, 2.24) is 0 Å². The first-order valence-electron chi connectivity index (χ1n) is 5.09. The number of ether oxygens (including phenoxy) is 2. The zero-order valence-corrected chi connectivity index (χ0v) is 9.15. The second-order valence-electron chi connectivity index (χ2n) is 3.97. The van der Waals surface area contributed by atoms with Gasteiger partial charge in [-0.3, -0.25) is 4.79 Å². The van der Waals surface area contributed by atoms with E-state index < -0.39 is 0 Å². The van der Waals surface area contributed by atoms with Crippen LogP contribution in [0.1, 0.15) is 29.8 Å². The summed E-state index contributed by atoms with van der Waals surface area (Å²) >= 11 is 0. The summed E-state index contributed by atoms with van der Waals surface area (Å²) in [5.41, 5.74) is 1.31. The van der Waals surface area contributed by atoms with Crippen LogP contribution < -0.4 is 4.74 Å². The molecule has 0 saturated heterocycles. The van der Waals surface area contributed by atoms with Gasteiger partial charge in [-0.1, -0.05) is 13.8 Å². The van der Waals surface area contributed by atoms with Crippen molar-refractivity contribution in [2.75, 3.05) is 0 Å². The van der Waals surface area contributed by atoms with Crippen LogP contribution in [0.5, 0.6) is 5.75 Å². The van der Waals surface area contributed by atoms with Gasteiger partial charge < -0.3 is 9.47 Å². The summed E-state index contributed by atoms with van der Waals surface area (Å²) < 4.78 is 9.98. The van der Waals surface area contributed by atoms with Gasteiger partial charge in [0.15, 0.2) is 0 Å². The Morgan fingerprint density at radius 2 is 2.19 bits per heavy atom. The standard InChI is InChI=1S/C12H12O4/c1-7(2)11(13)16-9-3-4-10-8(5-9)6-15-12(10)14/h3-5,7H,6H2,1-2H3. The smallest absolute Gasteiger partial charge is 0.338 e. The highest BCUT2D eigenvalue weighted by Crippen LogP contribution is 2.24. The minimum atomic E-state index is -0.322. The van der Waals surface area contributed by atoms with Crippen LogP contribution >= 0.6 is 0 Å². The van der Waals surface area contributed by atoms with Crippen LogP contribution in [0, 0.1) is 5.92 Å². The van der Waals surface area contributed by atoms with Crippen LogP contribution in [0.25, 0.3) is 0 Å². The van der Waals surface area contributed by atoms with E-state index in [1.54, 1.807) is 32.0 Å². The van der Waals surface area contributed by atoms with Gasteiger partial charge in [0, 0.05) is 5.56 Å². The molecule has 2 rings (SSSR count). The summed E-state index contributed by atoms with van der Waals surface area (Å²) in [5, 5.41) is 0. The zero-order chi connectivity index (χ0) is 11.7. The number of rotatable bonds is 2. The third-order valence-electron chi connectivity index (χ3n) is 2.35. The number of carbonyl (C=O) groups is 2. The first-order chi connectivity index (χ1) is 7.58. The Labute approximate surface area is 93.2 Å². The molecule has 0 bridgehead atoms. The van der Waals surface area contributed by atoms with E-state index in [-0.39, 0.29) is 24.5 Å². The Balaban J connectivity index is 2.20. The van der Waals surface area contributed by atoms with Crippen LogP contribution in [-0.2, 0) is 16.1 Å². The maximum atomic E-state index is 11.4. The average molecular weight is 220 g/mol. The van der Waals surface area contributed by atoms with Crippen molar-refractivity contribution in [1.29, 1.82) is 0 Å². The fraction of sp³-hybridized carbons (Fsp3) is 0.333. The van der Waals surface area contributed by atoms with E-state index in [2.05, 4.69) is 0 Å². The number of benzene rings is 1. The van der Waals surface area contributed by atoms with E-state index in [0.29, 0.717) is 11.3 Å². The van der Waals surface area contributed by atoms with Gasteiger partial charge in [-0.2, -0.15) is 0 Å². The van der Waals surface area contributed by atoms with Gasteiger partial charge in [0.1, 0.15) is 12.4 Å². The van der Waals surface area contributed by atoms with Crippen LogP contribution in [0.3, 0.4) is 0 Å². The molecule has 16 heavy (non-hydrogen) atoms. The van der Waals surface area contributed by atoms with Crippen LogP contribution in [-0.4, -0.2) is 11.9 Å². The molecule has 1 aliphatic heterocycles. The average Bonchev–Trinajstić information content (AvgIpc) is 2.60. The number of carbonyl (C=O) groups excluding carboxylic acids is 2. The molecule has 1 aromatic rings. The van der Waals surface area contributed by atoms with E-state index in [1.807, 2.05) is 0 Å². The van der Waals surface area contributed by atoms with E-state index in [0.717, 1.165) is 5.56 Å². The highest BCUT2D eigenvalue weighted by atomic mass is 16.5. The van der Waals surface area contributed by atoms with Crippen molar-refractivity contribution >= 4 is 11.9 Å². The molecule has 0 atom stereocenters. The lowest BCUT2D eigenvalue weighted by Crippen LogP contribution is -2.14. The molecule has 0 aromatic heterocycles. The molecule has 0 saturated carbocycles. The van der Waals surface area contributed by atoms with Crippen LogP contribution in [0.15, 0.2) is 18.2 Å². The molecule has 0 unspecified atom stereocenters. The molecule has 0 radical (unpaired) electrons. The second kappa shape index (κ2) is 3.96. The Kier molecular flexibility index (Phi) is 2.64. The van der Waals surface area contributed by atoms with Crippen molar-refractivity contribution in [2.24, 2.45) is 5.92 Å². The second-order valence-corrected chi connectivity index (χ2v) is 3.97. The van der Waals surface area contributed by atoms with Gasteiger partial charge in [0.2, 0.25) is 0 Å². The molecule has 0 aliphatic carbocycles. The van der Waals surface area contributed by atoms with Crippen molar-refractivity contribution < 1.29 is 19.1 Å². The largest absolute Gasteiger partial charge is 0.457 e. The lowest BCUT2D eigenvalue weighted by atomic mass is 10.1. The molecule has 84 valence electrons. The van der Waals surface area contributed by atoms with Gasteiger partial charge in [-0.05, 0) is 18.2 Å². The maximum absolute atomic E-state index is 11.4. The van der Waals surface area contributed by atoms with E-state index in [9.17, 15) is 9.59 Å². The SMILES string of the molecule is CC(C)C(=O)Oc1ccc2c(c1)COC2=O. The number of cyclic esters (lactones) is 1. The fourth-order valence-electron chi connectivity index (χ4n) is 1.41. The molecule has 0 fully saturated rings. The third kappa shape index (κ3) is 1.91. The number of hydrogen-bond acceptors (Lipinski definition) is 4. The molecule has 1 aliphatic rings. The Bertz CT molecular complexity index is 448. The monoisotopic (exact) mass is 220 g/mol. The first-order valence-corrected chi connectivity index (χ1v) is 5.09. The van der Waals surface area contributed by atoms with Gasteiger partial charge >= 0.3 is 11.9 Å². The minimum Gasteiger partial charge on any atom is -0.457 e. The predicted molar refractivity (Wildman–Crippen MR) is 56.0 cm³/mol. The molecule has 1 aromatic carbocycles. The summed E-state index contributed by atoms with van der Waals surface area (Å²) in [5.74, 6) is -0.330. The fourth-order valence-corrected chi connectivity index (χ4v) is 1.41. The van der Waals surface area contributed by atoms with Crippen molar-refractivity contribution in [3.8, 4) is 5.75 Å². The molecule has 0 spiro atoms. The maximum Gasteiger partial charge on any atom is 0.338 e. The highest BCUT2D eigenvalue weighted by Gasteiger charge is 2.21. The molecular weight excluding hydrogens is 208 g/mol. The summed E-state index contributed by atoms with van der Waals surface area (Å²) in [6.07, 6.45) is 0. The topological polar surface area (TPSA) is 52.6 Å². The van der Waals surface area contributed by atoms with Gasteiger partial charge in [0.25, 0.3) is 0 Å². The molecular formula is C12H12O4. The van der Waals surface area contributed by atoms with Crippen molar-refractivity contribution in [3.05, 3.63) is 29.3 Å². The predicted octanol–water partition coefficient (Wildman–Crippen LogP) is 1.92. The van der Waals surface area contributed by atoms with E-state index in [4.69, 9.17) is 9.47 Å². The van der Waals surface area contributed by atoms with Gasteiger partial charge in [-0.15, -0.1) is 0 Å². The minimum absolute atomic E-state index is 0.175. The summed E-state index contributed by atoms with van der Waals surface area (Å²) in [4.78, 5) is 22.5. The van der Waals surface area contributed by atoms with Crippen molar-refractivity contribution in [3.63, 3.8) is 0 Å². The highest BCUT2D eigenvalue weighted by molar-refractivity contribution is 5.93. The first kappa shape index (κ1) is 10.7. The normalized spacial score (nSPS) is 13.6. The molecule has 1 heterocycles. The summed E-state index contributed by atoms with van der Waals surface area (Å²) in [6, 6.07) is 4.89. The Hall–Kier alpha value is -1.84. The van der Waals surface area contributed by atoms with E-state index >= 15 is 0 Å². The van der Waals surface area contributed by atoms with Crippen LogP contribution in [0.2, 0.25) is 0 Å².